The molecule has 6 rings (SSSR count). The van der Waals surface area contributed by atoms with Gasteiger partial charge in [-0.15, -0.1) is 0 Å². The fourth-order valence-electron chi connectivity index (χ4n) is 5.70. The predicted molar refractivity (Wildman–Crippen MR) is 163 cm³/mol. The fraction of sp³-hybridized carbons (Fsp3) is 0.281. The van der Waals surface area contributed by atoms with Crippen LogP contribution < -0.4 is 4.90 Å². The molecule has 0 aliphatic carbocycles. The van der Waals surface area contributed by atoms with Crippen LogP contribution in [0.1, 0.15) is 36.1 Å². The number of hydrogen-bond donors (Lipinski definition) is 0. The predicted octanol–water partition coefficient (Wildman–Crippen LogP) is 5.96. The number of Topliss-reactive ketones (excluding diaryl/α,β-unsaturated/α-hetero) is 1. The van der Waals surface area contributed by atoms with Crippen LogP contribution in [0.2, 0.25) is 0 Å². The van der Waals surface area contributed by atoms with Crippen LogP contribution in [0.4, 0.5) is 10.3 Å². The van der Waals surface area contributed by atoms with Gasteiger partial charge in [0.25, 0.3) is 0 Å². The number of carbonyl (C=O) groups is 1. The molecule has 42 heavy (non-hydrogen) atoms. The van der Waals surface area contributed by atoms with E-state index >= 15 is 0 Å². The van der Waals surface area contributed by atoms with Gasteiger partial charge < -0.3 is 4.90 Å². The number of benzene rings is 3. The molecule has 0 spiro atoms. The Balaban J connectivity index is 1.24. The van der Waals surface area contributed by atoms with Crippen molar-refractivity contribution in [1.82, 2.24) is 14.3 Å². The summed E-state index contributed by atoms with van der Waals surface area (Å²) in [5.41, 5.74) is 5.03. The van der Waals surface area contributed by atoms with Crippen LogP contribution in [-0.2, 0) is 34.2 Å². The Morgan fingerprint density at radius 1 is 0.952 bits per heavy atom. The smallest absolute Gasteiger partial charge is 0.243 e. The highest BCUT2D eigenvalue weighted by molar-refractivity contribution is 9.10. The molecule has 0 N–H and O–H groups in total. The third-order valence-corrected chi connectivity index (χ3v) is 10.4. The summed E-state index contributed by atoms with van der Waals surface area (Å²) in [6, 6.07) is 22.2. The number of aromatic nitrogens is 2. The van der Waals surface area contributed by atoms with Gasteiger partial charge in [0.15, 0.2) is 5.78 Å². The zero-order chi connectivity index (χ0) is 29.3. The molecule has 3 aromatic carbocycles. The number of sulfonamides is 1. The monoisotopic (exact) mass is 648 g/mol. The minimum absolute atomic E-state index is 0.00807. The highest BCUT2D eigenvalue weighted by Crippen LogP contribution is 2.29. The van der Waals surface area contributed by atoms with Crippen molar-refractivity contribution in [2.24, 2.45) is 0 Å². The van der Waals surface area contributed by atoms with Crippen LogP contribution in [0, 0.1) is 5.82 Å². The van der Waals surface area contributed by atoms with Gasteiger partial charge in [-0.3, -0.25) is 4.79 Å². The lowest BCUT2D eigenvalue weighted by Gasteiger charge is -2.29. The quantitative estimate of drug-likeness (QED) is 0.234. The van der Waals surface area contributed by atoms with E-state index in [2.05, 4.69) is 39.0 Å². The average molecular weight is 650 g/mol. The van der Waals surface area contributed by atoms with Gasteiger partial charge in [-0.05, 0) is 79.3 Å². The standard InChI is InChI=1S/C32H30BrFN4O3S/c33-25-9-7-23(8-10-25)29-20-27(35-32(36-29)37-19-17-22-4-1-2-5-24(22)21-37)13-16-31(39)30-6-3-18-38(30)42(40,41)28-14-11-26(34)12-15-28/h1-2,4-5,7-12,14-15,20,30H,3,6,13,16-19,21H2/t30-/m0/s1. The van der Waals surface area contributed by atoms with Crippen LogP contribution in [0.5, 0.6) is 0 Å². The summed E-state index contributed by atoms with van der Waals surface area (Å²) in [5.74, 6) is -0.0346. The third-order valence-electron chi connectivity index (χ3n) is 7.94. The largest absolute Gasteiger partial charge is 0.336 e. The van der Waals surface area contributed by atoms with Crippen molar-refractivity contribution in [3.8, 4) is 11.3 Å². The summed E-state index contributed by atoms with van der Waals surface area (Å²) in [5, 5.41) is 0. The maximum Gasteiger partial charge on any atom is 0.243 e. The van der Waals surface area contributed by atoms with Crippen molar-refractivity contribution >= 4 is 37.7 Å². The van der Waals surface area contributed by atoms with Gasteiger partial charge in [0.1, 0.15) is 5.82 Å². The molecular weight excluding hydrogens is 619 g/mol. The minimum Gasteiger partial charge on any atom is -0.336 e. The summed E-state index contributed by atoms with van der Waals surface area (Å²) in [6.45, 7) is 1.76. The molecule has 0 radical (unpaired) electrons. The van der Waals surface area contributed by atoms with Crippen molar-refractivity contribution < 1.29 is 17.6 Å². The van der Waals surface area contributed by atoms with Gasteiger partial charge in [-0.2, -0.15) is 4.31 Å². The van der Waals surface area contributed by atoms with E-state index in [-0.39, 0.29) is 23.6 Å². The van der Waals surface area contributed by atoms with E-state index < -0.39 is 21.9 Å². The van der Waals surface area contributed by atoms with Crippen molar-refractivity contribution in [3.05, 3.63) is 106 Å². The Labute approximate surface area is 253 Å². The number of fused-ring (bicyclic) bond motifs is 1. The normalized spacial score (nSPS) is 17.3. The lowest BCUT2D eigenvalue weighted by molar-refractivity contribution is -0.122. The number of ketones is 1. The Kier molecular flexibility index (Phi) is 8.20. The maximum absolute atomic E-state index is 13.5. The molecule has 0 unspecified atom stereocenters. The van der Waals surface area contributed by atoms with E-state index in [1.165, 1.54) is 27.6 Å². The lowest BCUT2D eigenvalue weighted by atomic mass is 10.0. The zero-order valence-corrected chi connectivity index (χ0v) is 25.3. The number of rotatable bonds is 8. The highest BCUT2D eigenvalue weighted by atomic mass is 79.9. The zero-order valence-electron chi connectivity index (χ0n) is 22.9. The Bertz CT molecular complexity index is 1710. The molecular formula is C32H30BrFN4O3S. The topological polar surface area (TPSA) is 83.5 Å². The van der Waals surface area contributed by atoms with E-state index in [1.807, 2.05) is 36.4 Å². The van der Waals surface area contributed by atoms with E-state index in [0.717, 1.165) is 46.5 Å². The molecule has 4 aromatic rings. The molecule has 1 saturated heterocycles. The van der Waals surface area contributed by atoms with Gasteiger partial charge >= 0.3 is 0 Å². The van der Waals surface area contributed by atoms with E-state index in [0.29, 0.717) is 31.8 Å². The summed E-state index contributed by atoms with van der Waals surface area (Å²) >= 11 is 3.49. The maximum atomic E-state index is 13.5. The van der Waals surface area contributed by atoms with Crippen LogP contribution in [0.25, 0.3) is 11.3 Å². The van der Waals surface area contributed by atoms with Gasteiger partial charge in [-0.1, -0.05) is 52.3 Å². The third kappa shape index (κ3) is 6.02. The van der Waals surface area contributed by atoms with Crippen LogP contribution >= 0.6 is 15.9 Å². The number of hydrogen-bond acceptors (Lipinski definition) is 6. The molecule has 2 aliphatic heterocycles. The number of anilines is 1. The molecule has 2 aliphatic rings. The lowest BCUT2D eigenvalue weighted by Crippen LogP contribution is -2.40. The Hall–Kier alpha value is -3.47. The van der Waals surface area contributed by atoms with Gasteiger partial charge in [0, 0.05) is 41.8 Å². The summed E-state index contributed by atoms with van der Waals surface area (Å²) in [6.07, 6.45) is 2.47. The first kappa shape index (κ1) is 28.6. The van der Waals surface area contributed by atoms with Crippen LogP contribution in [0.3, 0.4) is 0 Å². The molecule has 1 fully saturated rings. The molecule has 1 aromatic heterocycles. The van der Waals surface area contributed by atoms with Gasteiger partial charge in [-0.25, -0.2) is 22.8 Å². The van der Waals surface area contributed by atoms with Crippen LogP contribution in [0.15, 0.2) is 88.2 Å². The summed E-state index contributed by atoms with van der Waals surface area (Å²) in [4.78, 5) is 25.4. The second-order valence-corrected chi connectivity index (χ2v) is 13.5. The number of carbonyl (C=O) groups excluding carboxylic acids is 1. The molecule has 1 atom stereocenters. The second-order valence-electron chi connectivity index (χ2n) is 10.7. The minimum atomic E-state index is -3.91. The molecule has 7 nitrogen and oxygen atoms in total. The van der Waals surface area contributed by atoms with Crippen molar-refractivity contribution in [2.75, 3.05) is 18.0 Å². The second kappa shape index (κ2) is 12.0. The van der Waals surface area contributed by atoms with E-state index in [1.54, 1.807) is 0 Å². The summed E-state index contributed by atoms with van der Waals surface area (Å²) in [7, 11) is -3.91. The van der Waals surface area contributed by atoms with Crippen molar-refractivity contribution in [1.29, 1.82) is 0 Å². The summed E-state index contributed by atoms with van der Waals surface area (Å²) < 4.78 is 42.2. The first-order chi connectivity index (χ1) is 20.3. The van der Waals surface area contributed by atoms with E-state index in [9.17, 15) is 17.6 Å². The molecule has 0 amide bonds. The molecule has 216 valence electrons. The average Bonchev–Trinajstić information content (AvgIpc) is 3.51. The molecule has 0 bridgehead atoms. The Morgan fingerprint density at radius 2 is 1.69 bits per heavy atom. The molecule has 0 saturated carbocycles. The van der Waals surface area contributed by atoms with Gasteiger partial charge in [0.2, 0.25) is 16.0 Å². The van der Waals surface area contributed by atoms with Crippen LogP contribution in [-0.4, -0.2) is 47.6 Å². The Morgan fingerprint density at radius 3 is 2.45 bits per heavy atom. The number of halogens is 2. The number of nitrogens with zero attached hydrogens (tertiary/aromatic N) is 4. The number of aryl methyl sites for hydroxylation is 1. The van der Waals surface area contributed by atoms with E-state index in [4.69, 9.17) is 9.97 Å². The van der Waals surface area contributed by atoms with Crippen molar-refractivity contribution in [3.63, 3.8) is 0 Å². The van der Waals surface area contributed by atoms with Crippen molar-refractivity contribution in [2.45, 2.75) is 49.6 Å². The highest BCUT2D eigenvalue weighted by Gasteiger charge is 2.39. The SMILES string of the molecule is O=C(CCc1cc(-c2ccc(Br)cc2)nc(N2CCc3ccccc3C2)n1)[C@@H]1CCCN1S(=O)(=O)c1ccc(F)cc1. The molecule has 3 heterocycles. The molecule has 10 heteroatoms. The first-order valence-electron chi connectivity index (χ1n) is 14.0. The first-order valence-corrected chi connectivity index (χ1v) is 16.3. The fourth-order valence-corrected chi connectivity index (χ4v) is 7.64. The van der Waals surface area contributed by atoms with Gasteiger partial charge in [0.05, 0.1) is 16.6 Å².